The van der Waals surface area contributed by atoms with Gasteiger partial charge in [-0.25, -0.2) is 9.97 Å². The largest absolute Gasteiger partial charge is 0.384 e. The van der Waals surface area contributed by atoms with Gasteiger partial charge in [0.25, 0.3) is 0 Å². The average molecular weight is 273 g/mol. The first-order valence-electron chi connectivity index (χ1n) is 6.38. The maximum atomic E-state index is 5.84. The monoisotopic (exact) mass is 273 g/mol. The number of hydrogen-bond acceptors (Lipinski definition) is 4. The lowest BCUT2D eigenvalue weighted by Crippen LogP contribution is -2.03. The molecule has 1 heterocycles. The van der Waals surface area contributed by atoms with Crippen molar-refractivity contribution in [1.29, 1.82) is 0 Å². The van der Waals surface area contributed by atoms with Crippen LogP contribution in [0.15, 0.2) is 35.2 Å². The molecule has 2 rings (SSSR count). The molecule has 1 aromatic heterocycles. The van der Waals surface area contributed by atoms with Crippen LogP contribution < -0.4 is 5.73 Å². The molecule has 1 aromatic carbocycles. The molecular weight excluding hydrogens is 254 g/mol. The highest BCUT2D eigenvalue weighted by molar-refractivity contribution is 7.98. The molecule has 0 saturated heterocycles. The van der Waals surface area contributed by atoms with Gasteiger partial charge in [0, 0.05) is 16.7 Å². The second-order valence-electron chi connectivity index (χ2n) is 4.84. The minimum absolute atomic E-state index is 0.368. The molecule has 0 saturated carbocycles. The van der Waals surface area contributed by atoms with Gasteiger partial charge in [0.15, 0.2) is 0 Å². The van der Waals surface area contributed by atoms with E-state index in [1.807, 2.05) is 12.1 Å². The van der Waals surface area contributed by atoms with E-state index >= 15 is 0 Å². The van der Waals surface area contributed by atoms with Crippen molar-refractivity contribution in [3.05, 3.63) is 47.4 Å². The Morgan fingerprint density at radius 1 is 1.21 bits per heavy atom. The van der Waals surface area contributed by atoms with Gasteiger partial charge in [-0.05, 0) is 24.5 Å². The van der Waals surface area contributed by atoms with Crippen LogP contribution in [-0.4, -0.2) is 9.97 Å². The highest BCUT2D eigenvalue weighted by Gasteiger charge is 2.07. The van der Waals surface area contributed by atoms with E-state index in [0.717, 1.165) is 17.3 Å². The van der Waals surface area contributed by atoms with Gasteiger partial charge in [-0.2, -0.15) is 0 Å². The lowest BCUT2D eigenvalue weighted by Gasteiger charge is -2.09. The molecule has 19 heavy (non-hydrogen) atoms. The fourth-order valence-electron chi connectivity index (χ4n) is 1.76. The third-order valence-electron chi connectivity index (χ3n) is 2.85. The van der Waals surface area contributed by atoms with Crippen molar-refractivity contribution in [3.63, 3.8) is 0 Å². The predicted octanol–water partition coefficient (Wildman–Crippen LogP) is 3.78. The van der Waals surface area contributed by atoms with Gasteiger partial charge in [-0.15, -0.1) is 11.8 Å². The van der Waals surface area contributed by atoms with E-state index in [2.05, 4.69) is 48.9 Å². The zero-order valence-corrected chi connectivity index (χ0v) is 12.4. The van der Waals surface area contributed by atoms with Crippen LogP contribution in [-0.2, 0) is 5.75 Å². The molecule has 0 amide bonds. The third-order valence-corrected chi connectivity index (χ3v) is 4.03. The van der Waals surface area contributed by atoms with Crippen molar-refractivity contribution in [3.8, 4) is 0 Å². The summed E-state index contributed by atoms with van der Waals surface area (Å²) in [7, 11) is 0. The van der Waals surface area contributed by atoms with Crippen molar-refractivity contribution in [2.75, 3.05) is 5.73 Å². The van der Waals surface area contributed by atoms with Gasteiger partial charge in [0.2, 0.25) is 0 Å². The fraction of sp³-hybridized carbons (Fsp3) is 0.333. The summed E-state index contributed by atoms with van der Waals surface area (Å²) in [4.78, 5) is 10.1. The topological polar surface area (TPSA) is 51.8 Å². The lowest BCUT2D eigenvalue weighted by atomic mass is 10.1. The Labute approximate surface area is 118 Å². The van der Waals surface area contributed by atoms with E-state index in [4.69, 9.17) is 5.73 Å². The number of rotatable bonds is 4. The number of benzene rings is 1. The summed E-state index contributed by atoms with van der Waals surface area (Å²) >= 11 is 1.75. The molecule has 0 aliphatic heterocycles. The second kappa shape index (κ2) is 6.06. The molecule has 0 spiro atoms. The maximum absolute atomic E-state index is 5.84. The minimum atomic E-state index is 0.368. The molecule has 2 aromatic rings. The number of anilines is 1. The van der Waals surface area contributed by atoms with Crippen LogP contribution in [0.2, 0.25) is 0 Å². The van der Waals surface area contributed by atoms with Crippen LogP contribution >= 0.6 is 11.8 Å². The smallest absolute Gasteiger partial charge is 0.141 e. The summed E-state index contributed by atoms with van der Waals surface area (Å²) in [5.74, 6) is 2.47. The van der Waals surface area contributed by atoms with E-state index in [1.165, 1.54) is 10.5 Å². The molecule has 0 bridgehead atoms. The average Bonchev–Trinajstić information content (AvgIpc) is 2.37. The third kappa shape index (κ3) is 3.70. The van der Waals surface area contributed by atoms with Gasteiger partial charge in [-0.1, -0.05) is 32.0 Å². The fourth-order valence-corrected chi connectivity index (χ4v) is 2.64. The van der Waals surface area contributed by atoms with E-state index in [-0.39, 0.29) is 0 Å². The molecule has 2 N–H and O–H groups in total. The number of nitrogen functional groups attached to an aromatic ring is 1. The predicted molar refractivity (Wildman–Crippen MR) is 81.3 cm³/mol. The maximum Gasteiger partial charge on any atom is 0.141 e. The van der Waals surface area contributed by atoms with Gasteiger partial charge in [-0.3, -0.25) is 0 Å². The summed E-state index contributed by atoms with van der Waals surface area (Å²) in [6.45, 7) is 6.34. The summed E-state index contributed by atoms with van der Waals surface area (Å²) in [6.07, 6.45) is 0. The first kappa shape index (κ1) is 13.9. The van der Waals surface area contributed by atoms with Gasteiger partial charge in [0.05, 0.1) is 5.75 Å². The first-order valence-corrected chi connectivity index (χ1v) is 7.36. The second-order valence-corrected chi connectivity index (χ2v) is 5.86. The zero-order chi connectivity index (χ0) is 13.8. The number of nitrogens with two attached hydrogens (primary N) is 1. The van der Waals surface area contributed by atoms with Gasteiger partial charge < -0.3 is 5.73 Å². The normalized spacial score (nSPS) is 10.9. The summed E-state index contributed by atoms with van der Waals surface area (Å²) < 4.78 is 0. The van der Waals surface area contributed by atoms with Crippen molar-refractivity contribution in [2.45, 2.75) is 37.3 Å². The highest BCUT2D eigenvalue weighted by atomic mass is 32.2. The number of hydrogen-bond donors (Lipinski definition) is 1. The number of thioether (sulfide) groups is 1. The van der Waals surface area contributed by atoms with Crippen LogP contribution in [0.5, 0.6) is 0 Å². The Morgan fingerprint density at radius 2 is 1.95 bits per heavy atom. The van der Waals surface area contributed by atoms with Crippen molar-refractivity contribution in [1.82, 2.24) is 9.97 Å². The van der Waals surface area contributed by atoms with Crippen LogP contribution in [0.25, 0.3) is 0 Å². The summed E-state index contributed by atoms with van der Waals surface area (Å²) in [5.41, 5.74) is 8.12. The number of aromatic nitrogens is 2. The first-order chi connectivity index (χ1) is 9.06. The number of aryl methyl sites for hydroxylation is 1. The van der Waals surface area contributed by atoms with Crippen LogP contribution in [0, 0.1) is 6.92 Å². The standard InChI is InChI=1S/C15H19N3S/c1-10(2)12-8-14(16)18-15(17-12)9-19-13-7-5-4-6-11(13)3/h4-8,10H,9H2,1-3H3,(H2,16,17,18). The molecule has 100 valence electrons. The van der Waals surface area contributed by atoms with E-state index in [9.17, 15) is 0 Å². The van der Waals surface area contributed by atoms with Crippen molar-refractivity contribution >= 4 is 17.6 Å². The zero-order valence-electron chi connectivity index (χ0n) is 11.6. The van der Waals surface area contributed by atoms with Crippen LogP contribution in [0.4, 0.5) is 5.82 Å². The SMILES string of the molecule is Cc1ccccc1SCc1nc(N)cc(C(C)C)n1. The molecule has 0 fully saturated rings. The summed E-state index contributed by atoms with van der Waals surface area (Å²) in [5, 5.41) is 0. The van der Waals surface area contributed by atoms with Gasteiger partial charge >= 0.3 is 0 Å². The van der Waals surface area contributed by atoms with E-state index < -0.39 is 0 Å². The van der Waals surface area contributed by atoms with Crippen LogP contribution in [0.3, 0.4) is 0 Å². The van der Waals surface area contributed by atoms with Gasteiger partial charge in [0.1, 0.15) is 11.6 Å². The van der Waals surface area contributed by atoms with Crippen LogP contribution in [0.1, 0.15) is 36.8 Å². The van der Waals surface area contributed by atoms with Crippen molar-refractivity contribution < 1.29 is 0 Å². The Kier molecular flexibility index (Phi) is 4.43. The molecule has 0 unspecified atom stereocenters. The van der Waals surface area contributed by atoms with E-state index in [0.29, 0.717) is 11.7 Å². The van der Waals surface area contributed by atoms with E-state index in [1.54, 1.807) is 11.8 Å². The molecule has 0 aliphatic carbocycles. The molecule has 4 heteroatoms. The Morgan fingerprint density at radius 3 is 2.63 bits per heavy atom. The highest BCUT2D eigenvalue weighted by Crippen LogP contribution is 2.25. The Hall–Kier alpha value is -1.55. The minimum Gasteiger partial charge on any atom is -0.384 e. The summed E-state index contributed by atoms with van der Waals surface area (Å²) in [6, 6.07) is 10.2. The Bertz CT molecular complexity index is 567. The molecule has 0 radical (unpaired) electrons. The molecule has 3 nitrogen and oxygen atoms in total. The quantitative estimate of drug-likeness (QED) is 0.861. The van der Waals surface area contributed by atoms with Crippen molar-refractivity contribution in [2.24, 2.45) is 0 Å². The molecular formula is C15H19N3S. The number of nitrogens with zero attached hydrogens (tertiary/aromatic N) is 2. The molecule has 0 aliphatic rings. The lowest BCUT2D eigenvalue weighted by molar-refractivity contribution is 0.801. The molecule has 0 atom stereocenters. The Balaban J connectivity index is 2.14.